The summed E-state index contributed by atoms with van der Waals surface area (Å²) in [5, 5.41) is 25.9. The van der Waals surface area contributed by atoms with Gasteiger partial charge in [0.15, 0.2) is 0 Å². The van der Waals surface area contributed by atoms with Crippen LogP contribution < -0.4 is 21.7 Å². The third-order valence-electron chi connectivity index (χ3n) is 4.31. The molecular formula is C20H30N4O6S. The van der Waals surface area contributed by atoms with E-state index in [9.17, 15) is 29.4 Å². The number of benzene rings is 1. The first-order chi connectivity index (χ1) is 14.5. The highest BCUT2D eigenvalue weighted by Gasteiger charge is 2.25. The summed E-state index contributed by atoms with van der Waals surface area (Å²) in [6.45, 7) is 3.20. The zero-order chi connectivity index (χ0) is 23.6. The number of thiol groups is 1. The van der Waals surface area contributed by atoms with E-state index >= 15 is 0 Å². The number of rotatable bonds is 12. The van der Waals surface area contributed by atoms with Crippen molar-refractivity contribution in [1.29, 1.82) is 0 Å². The van der Waals surface area contributed by atoms with E-state index in [4.69, 9.17) is 5.73 Å². The Labute approximate surface area is 186 Å². The van der Waals surface area contributed by atoms with Gasteiger partial charge in [0, 0.05) is 12.2 Å². The van der Waals surface area contributed by atoms with Crippen molar-refractivity contribution in [2.45, 2.75) is 44.8 Å². The van der Waals surface area contributed by atoms with Gasteiger partial charge < -0.3 is 31.9 Å². The molecule has 0 fully saturated rings. The lowest BCUT2D eigenvalue weighted by Gasteiger charge is -2.21. The number of amides is 3. The number of aromatic hydroxyl groups is 1. The molecular weight excluding hydrogens is 424 g/mol. The number of hydrogen-bond acceptors (Lipinski definition) is 7. The Balaban J connectivity index is 2.79. The van der Waals surface area contributed by atoms with Crippen LogP contribution in [0.4, 0.5) is 0 Å². The number of carboxylic acids is 1. The molecule has 10 nitrogen and oxygen atoms in total. The summed E-state index contributed by atoms with van der Waals surface area (Å²) in [6, 6.07) is 3.05. The third-order valence-corrected chi connectivity index (χ3v) is 4.70. The first-order valence-corrected chi connectivity index (χ1v) is 10.4. The quantitative estimate of drug-likeness (QED) is 0.207. The van der Waals surface area contributed by atoms with E-state index in [0.29, 0.717) is 5.56 Å². The van der Waals surface area contributed by atoms with Crippen LogP contribution in [0.15, 0.2) is 24.3 Å². The van der Waals surface area contributed by atoms with Crippen LogP contribution in [0.25, 0.3) is 0 Å². The minimum Gasteiger partial charge on any atom is -0.508 e. The van der Waals surface area contributed by atoms with E-state index < -0.39 is 48.4 Å². The minimum atomic E-state index is -1.16. The summed E-state index contributed by atoms with van der Waals surface area (Å²) in [6.07, 6.45) is 0.333. The normalized spacial score (nSPS) is 13.7. The molecule has 0 saturated heterocycles. The largest absolute Gasteiger partial charge is 0.508 e. The Morgan fingerprint density at radius 1 is 1.03 bits per heavy atom. The topological polar surface area (TPSA) is 171 Å². The highest BCUT2D eigenvalue weighted by Crippen LogP contribution is 2.11. The Hall–Kier alpha value is -2.79. The summed E-state index contributed by atoms with van der Waals surface area (Å²) in [7, 11) is 0. The van der Waals surface area contributed by atoms with E-state index in [-0.39, 0.29) is 30.3 Å². The zero-order valence-electron chi connectivity index (χ0n) is 17.5. The number of nitrogens with one attached hydrogen (secondary N) is 3. The number of aliphatic carboxylic acids is 1. The van der Waals surface area contributed by atoms with Gasteiger partial charge in [-0.1, -0.05) is 26.0 Å². The Bertz CT molecular complexity index is 771. The van der Waals surface area contributed by atoms with E-state index in [2.05, 4.69) is 28.6 Å². The minimum absolute atomic E-state index is 0.0527. The Morgan fingerprint density at radius 2 is 1.65 bits per heavy atom. The van der Waals surface area contributed by atoms with Crippen LogP contribution in [0.3, 0.4) is 0 Å². The van der Waals surface area contributed by atoms with Gasteiger partial charge in [-0.05, 0) is 30.0 Å². The number of phenolic OH excluding ortho intramolecular Hbond substituents is 1. The summed E-state index contributed by atoms with van der Waals surface area (Å²) < 4.78 is 0. The van der Waals surface area contributed by atoms with E-state index in [1.165, 1.54) is 12.1 Å². The molecule has 0 heterocycles. The predicted molar refractivity (Wildman–Crippen MR) is 118 cm³/mol. The van der Waals surface area contributed by atoms with Gasteiger partial charge in [0.25, 0.3) is 0 Å². The molecule has 3 atom stereocenters. The smallest absolute Gasteiger partial charge is 0.326 e. The van der Waals surface area contributed by atoms with Crippen LogP contribution in [-0.4, -0.2) is 64.3 Å². The number of nitrogens with two attached hydrogens (primary N) is 1. The van der Waals surface area contributed by atoms with Crippen LogP contribution in [0, 0.1) is 5.92 Å². The molecule has 1 aromatic carbocycles. The second-order valence-electron chi connectivity index (χ2n) is 7.53. The Morgan fingerprint density at radius 3 is 2.16 bits per heavy atom. The number of carbonyl (C=O) groups excluding carboxylic acids is 3. The lowest BCUT2D eigenvalue weighted by Crippen LogP contribution is -2.54. The van der Waals surface area contributed by atoms with Crippen LogP contribution in [0.1, 0.15) is 25.8 Å². The number of carbonyl (C=O) groups is 4. The molecule has 1 aromatic rings. The van der Waals surface area contributed by atoms with Crippen molar-refractivity contribution in [3.8, 4) is 5.75 Å². The maximum Gasteiger partial charge on any atom is 0.326 e. The molecule has 11 heteroatoms. The van der Waals surface area contributed by atoms with Crippen molar-refractivity contribution >= 4 is 36.3 Å². The van der Waals surface area contributed by atoms with Crippen molar-refractivity contribution < 1.29 is 29.4 Å². The van der Waals surface area contributed by atoms with Gasteiger partial charge in [-0.2, -0.15) is 12.6 Å². The lowest BCUT2D eigenvalue weighted by atomic mass is 10.0. The van der Waals surface area contributed by atoms with Gasteiger partial charge in [-0.3, -0.25) is 14.4 Å². The average molecular weight is 455 g/mol. The highest BCUT2D eigenvalue weighted by molar-refractivity contribution is 7.80. The van der Waals surface area contributed by atoms with Crippen LogP contribution >= 0.6 is 12.6 Å². The Kier molecular flexibility index (Phi) is 10.8. The summed E-state index contributed by atoms with van der Waals surface area (Å²) in [5.74, 6) is -2.86. The fourth-order valence-corrected chi connectivity index (χ4v) is 2.83. The molecule has 0 aliphatic rings. The van der Waals surface area contributed by atoms with Crippen molar-refractivity contribution in [2.75, 3.05) is 12.3 Å². The monoisotopic (exact) mass is 454 g/mol. The zero-order valence-corrected chi connectivity index (χ0v) is 18.4. The maximum atomic E-state index is 12.6. The van der Waals surface area contributed by atoms with Crippen molar-refractivity contribution in [3.05, 3.63) is 29.8 Å². The molecule has 0 radical (unpaired) electrons. The fourth-order valence-electron chi connectivity index (χ4n) is 2.67. The first kappa shape index (κ1) is 26.2. The van der Waals surface area contributed by atoms with Crippen molar-refractivity contribution in [1.82, 2.24) is 16.0 Å². The average Bonchev–Trinajstić information content (AvgIpc) is 2.71. The summed E-state index contributed by atoms with van der Waals surface area (Å²) in [4.78, 5) is 48.2. The van der Waals surface area contributed by atoms with Gasteiger partial charge in [0.1, 0.15) is 17.8 Å². The van der Waals surface area contributed by atoms with E-state index in [0.717, 1.165) is 0 Å². The molecule has 7 N–H and O–H groups in total. The highest BCUT2D eigenvalue weighted by atomic mass is 32.1. The molecule has 1 rings (SSSR count). The number of carboxylic acid groups (broad SMARTS) is 1. The second kappa shape index (κ2) is 12.8. The molecule has 0 bridgehead atoms. The molecule has 3 amide bonds. The predicted octanol–water partition coefficient (Wildman–Crippen LogP) is -0.592. The summed E-state index contributed by atoms with van der Waals surface area (Å²) >= 11 is 3.96. The van der Waals surface area contributed by atoms with Crippen molar-refractivity contribution in [3.63, 3.8) is 0 Å². The van der Waals surface area contributed by atoms with Gasteiger partial charge >= 0.3 is 5.97 Å². The summed E-state index contributed by atoms with van der Waals surface area (Å²) in [5.41, 5.74) is 6.31. The molecule has 0 aliphatic carbocycles. The molecule has 0 saturated carbocycles. The van der Waals surface area contributed by atoms with E-state index in [1.54, 1.807) is 12.1 Å². The standard InChI is InChI=1S/C20H30N4O6S/c1-11(2)7-16(20(29)30)23-17(26)9-22-19(28)15(24-18(27)14(21)10-31)8-12-3-5-13(25)6-4-12/h3-6,11,14-16,25,31H,7-10,21H2,1-2H3,(H,22,28)(H,23,26)(H,24,27)(H,29,30). The lowest BCUT2D eigenvalue weighted by molar-refractivity contribution is -0.142. The van der Waals surface area contributed by atoms with Gasteiger partial charge in [0.2, 0.25) is 17.7 Å². The molecule has 0 aromatic heterocycles. The second-order valence-corrected chi connectivity index (χ2v) is 7.89. The fraction of sp³-hybridized carbons (Fsp3) is 0.500. The van der Waals surface area contributed by atoms with E-state index in [1.807, 2.05) is 13.8 Å². The molecule has 0 aliphatic heterocycles. The maximum absolute atomic E-state index is 12.6. The van der Waals surface area contributed by atoms with Gasteiger partial charge in [-0.15, -0.1) is 0 Å². The van der Waals surface area contributed by atoms with Gasteiger partial charge in [0.05, 0.1) is 12.6 Å². The molecule has 0 spiro atoms. The van der Waals surface area contributed by atoms with Crippen LogP contribution in [-0.2, 0) is 25.6 Å². The van der Waals surface area contributed by atoms with Gasteiger partial charge in [-0.25, -0.2) is 4.79 Å². The number of phenols is 1. The number of hydrogen-bond donors (Lipinski definition) is 7. The molecule has 3 unspecified atom stereocenters. The van der Waals surface area contributed by atoms with Crippen LogP contribution in [0.5, 0.6) is 5.75 Å². The first-order valence-electron chi connectivity index (χ1n) is 9.78. The SMILES string of the molecule is CC(C)CC(NC(=O)CNC(=O)C(Cc1ccc(O)cc1)NC(=O)C(N)CS)C(=O)O. The van der Waals surface area contributed by atoms with Crippen LogP contribution in [0.2, 0.25) is 0 Å². The van der Waals surface area contributed by atoms with Crippen molar-refractivity contribution in [2.24, 2.45) is 11.7 Å². The molecule has 31 heavy (non-hydrogen) atoms. The third kappa shape index (κ3) is 9.71. The molecule has 172 valence electrons.